The predicted octanol–water partition coefficient (Wildman–Crippen LogP) is 6.11. The molecule has 0 N–H and O–H groups in total. The molecular formula is C20H26. The van der Waals surface area contributed by atoms with Crippen molar-refractivity contribution >= 4 is 6.08 Å². The van der Waals surface area contributed by atoms with E-state index >= 15 is 0 Å². The van der Waals surface area contributed by atoms with Crippen LogP contribution in [0.2, 0.25) is 0 Å². The van der Waals surface area contributed by atoms with Crippen LogP contribution in [0.5, 0.6) is 0 Å². The molecule has 0 aromatic heterocycles. The van der Waals surface area contributed by atoms with Crippen molar-refractivity contribution in [1.82, 2.24) is 0 Å². The summed E-state index contributed by atoms with van der Waals surface area (Å²) in [6.45, 7) is 8.46. The zero-order chi connectivity index (χ0) is 14.8. The van der Waals surface area contributed by atoms with Gasteiger partial charge in [-0.1, -0.05) is 79.8 Å². The van der Waals surface area contributed by atoms with Gasteiger partial charge >= 0.3 is 0 Å². The summed E-state index contributed by atoms with van der Waals surface area (Å²) < 4.78 is 0. The maximum Gasteiger partial charge on any atom is 0.00702 e. The summed E-state index contributed by atoms with van der Waals surface area (Å²) in [6, 6.07) is 8.36. The summed E-state index contributed by atoms with van der Waals surface area (Å²) in [5.41, 5.74) is 2.93. The third-order valence-electron chi connectivity index (χ3n) is 3.36. The van der Waals surface area contributed by atoms with Crippen molar-refractivity contribution in [3.8, 4) is 0 Å². The van der Waals surface area contributed by atoms with Crippen LogP contribution in [-0.4, -0.2) is 0 Å². The Labute approximate surface area is 124 Å². The first kappa shape index (κ1) is 16.2. The molecule has 1 aliphatic rings. The zero-order valence-corrected chi connectivity index (χ0v) is 13.1. The van der Waals surface area contributed by atoms with Gasteiger partial charge in [0.05, 0.1) is 0 Å². The molecule has 0 saturated heterocycles. The minimum atomic E-state index is 0.281. The van der Waals surface area contributed by atoms with E-state index in [-0.39, 0.29) is 5.41 Å². The van der Waals surface area contributed by atoms with Gasteiger partial charge in [-0.2, -0.15) is 0 Å². The Kier molecular flexibility index (Phi) is 6.79. The lowest BCUT2D eigenvalue weighted by atomic mass is 9.84. The number of allylic oxidation sites excluding steroid dienone is 7. The second-order valence-electron chi connectivity index (χ2n) is 5.35. The van der Waals surface area contributed by atoms with E-state index in [0.29, 0.717) is 0 Å². The second kappa shape index (κ2) is 8.37. The summed E-state index contributed by atoms with van der Waals surface area (Å²) in [7, 11) is 0. The highest BCUT2D eigenvalue weighted by atomic mass is 14.2. The highest BCUT2D eigenvalue weighted by Gasteiger charge is 2.15. The van der Waals surface area contributed by atoms with Gasteiger partial charge in [0.2, 0.25) is 0 Å². The molecule has 0 saturated carbocycles. The number of hydrogen-bond acceptors (Lipinski definition) is 0. The average Bonchev–Trinajstić information content (AvgIpc) is 2.43. The molecule has 1 aromatic carbocycles. The van der Waals surface area contributed by atoms with E-state index < -0.39 is 0 Å². The van der Waals surface area contributed by atoms with Crippen LogP contribution in [0.25, 0.3) is 6.08 Å². The topological polar surface area (TPSA) is 0 Å². The Hall–Kier alpha value is -1.82. The Morgan fingerprint density at radius 2 is 1.80 bits per heavy atom. The third kappa shape index (κ3) is 5.44. The number of benzene rings is 1. The van der Waals surface area contributed by atoms with Gasteiger partial charge < -0.3 is 0 Å². The van der Waals surface area contributed by atoms with Crippen molar-refractivity contribution < 1.29 is 0 Å². The van der Waals surface area contributed by atoms with Crippen molar-refractivity contribution in [3.63, 3.8) is 0 Å². The van der Waals surface area contributed by atoms with Gasteiger partial charge in [0.25, 0.3) is 0 Å². The highest BCUT2D eigenvalue weighted by Crippen LogP contribution is 2.28. The van der Waals surface area contributed by atoms with E-state index in [4.69, 9.17) is 0 Å². The first-order valence-corrected chi connectivity index (χ1v) is 7.28. The van der Waals surface area contributed by atoms with E-state index in [1.54, 1.807) is 0 Å². The molecule has 0 spiro atoms. The van der Waals surface area contributed by atoms with Crippen LogP contribution >= 0.6 is 0 Å². The van der Waals surface area contributed by atoms with Gasteiger partial charge in [-0.25, -0.2) is 0 Å². The van der Waals surface area contributed by atoms with E-state index in [0.717, 1.165) is 6.42 Å². The summed E-state index contributed by atoms with van der Waals surface area (Å²) in [4.78, 5) is 0. The van der Waals surface area contributed by atoms with Crippen LogP contribution < -0.4 is 0 Å². The molecule has 0 aliphatic heterocycles. The quantitative estimate of drug-likeness (QED) is 0.566. The molecule has 106 valence electrons. The molecule has 1 atom stereocenters. The smallest absolute Gasteiger partial charge is 0.00702 e. The number of aryl methyl sites for hydroxylation is 1. The van der Waals surface area contributed by atoms with Gasteiger partial charge in [-0.15, -0.1) is 0 Å². The monoisotopic (exact) mass is 266 g/mol. The van der Waals surface area contributed by atoms with Crippen LogP contribution in [0.15, 0.2) is 66.8 Å². The van der Waals surface area contributed by atoms with E-state index in [9.17, 15) is 0 Å². The molecule has 1 aliphatic carbocycles. The molecule has 2 rings (SSSR count). The van der Waals surface area contributed by atoms with Gasteiger partial charge in [0, 0.05) is 5.41 Å². The Morgan fingerprint density at radius 1 is 1.05 bits per heavy atom. The fourth-order valence-corrected chi connectivity index (χ4v) is 2.20. The molecule has 0 fully saturated rings. The van der Waals surface area contributed by atoms with Crippen molar-refractivity contribution in [2.24, 2.45) is 5.41 Å². The normalized spacial score (nSPS) is 21.2. The van der Waals surface area contributed by atoms with Crippen LogP contribution in [0, 0.1) is 12.3 Å². The summed E-state index contributed by atoms with van der Waals surface area (Å²) in [5, 5.41) is 0. The number of hydrogen-bond donors (Lipinski definition) is 0. The minimum Gasteiger partial charge on any atom is -0.0908 e. The lowest BCUT2D eigenvalue weighted by Gasteiger charge is -2.21. The molecule has 1 unspecified atom stereocenters. The van der Waals surface area contributed by atoms with Gasteiger partial charge in [-0.05, 0) is 38.3 Å². The third-order valence-corrected chi connectivity index (χ3v) is 3.36. The Morgan fingerprint density at radius 3 is 2.35 bits per heavy atom. The fourth-order valence-electron chi connectivity index (χ4n) is 2.20. The van der Waals surface area contributed by atoms with Crippen LogP contribution in [-0.2, 0) is 0 Å². The lowest BCUT2D eigenvalue weighted by molar-refractivity contribution is 0.556. The first-order valence-electron chi connectivity index (χ1n) is 7.28. The van der Waals surface area contributed by atoms with Gasteiger partial charge in [0.1, 0.15) is 0 Å². The number of rotatable bonds is 2. The molecule has 20 heavy (non-hydrogen) atoms. The molecule has 0 radical (unpaired) electrons. The molecule has 0 nitrogen and oxygen atoms in total. The van der Waals surface area contributed by atoms with Crippen molar-refractivity contribution in [2.75, 3.05) is 0 Å². The van der Waals surface area contributed by atoms with Crippen LogP contribution in [0.1, 0.15) is 38.3 Å². The first-order chi connectivity index (χ1) is 9.61. The van der Waals surface area contributed by atoms with Crippen molar-refractivity contribution in [1.29, 1.82) is 0 Å². The summed E-state index contributed by atoms with van der Waals surface area (Å²) in [5.74, 6) is 0. The van der Waals surface area contributed by atoms with Crippen molar-refractivity contribution in [3.05, 3.63) is 77.9 Å². The fraction of sp³-hybridized carbons (Fsp3) is 0.300. The summed E-state index contributed by atoms with van der Waals surface area (Å²) >= 11 is 0. The SMILES string of the molecule is CC=CC1(C)C=CC=CC1.CC=Cc1ccccc1C. The Balaban J connectivity index is 0.000000200. The molecular weight excluding hydrogens is 240 g/mol. The molecule has 0 bridgehead atoms. The van der Waals surface area contributed by atoms with Crippen LogP contribution in [0.4, 0.5) is 0 Å². The van der Waals surface area contributed by atoms with E-state index in [1.807, 2.05) is 6.92 Å². The molecule has 0 heteroatoms. The maximum absolute atomic E-state index is 2.24. The Bertz CT molecular complexity index is 515. The molecule has 0 heterocycles. The lowest BCUT2D eigenvalue weighted by Crippen LogP contribution is -2.09. The minimum absolute atomic E-state index is 0.281. The largest absolute Gasteiger partial charge is 0.0908 e. The van der Waals surface area contributed by atoms with Gasteiger partial charge in [-0.3, -0.25) is 0 Å². The second-order valence-corrected chi connectivity index (χ2v) is 5.35. The maximum atomic E-state index is 2.24. The summed E-state index contributed by atoms with van der Waals surface area (Å²) in [6.07, 6.45) is 18.3. The highest BCUT2D eigenvalue weighted by molar-refractivity contribution is 5.52. The molecule has 0 amide bonds. The molecule has 1 aromatic rings. The van der Waals surface area contributed by atoms with Gasteiger partial charge in [0.15, 0.2) is 0 Å². The zero-order valence-electron chi connectivity index (χ0n) is 13.1. The van der Waals surface area contributed by atoms with Crippen LogP contribution in [0.3, 0.4) is 0 Å². The van der Waals surface area contributed by atoms with E-state index in [2.05, 4.69) is 93.6 Å². The van der Waals surface area contributed by atoms with Crippen molar-refractivity contribution in [2.45, 2.75) is 34.1 Å². The average molecular weight is 266 g/mol. The van der Waals surface area contributed by atoms with E-state index in [1.165, 1.54) is 11.1 Å². The predicted molar refractivity (Wildman–Crippen MR) is 91.7 cm³/mol. The standard InChI is InChI=1S/C10H14.C10H12/c1-3-7-10(2)8-5-4-6-9-10;1-3-6-10-8-5-4-7-9(10)2/h3-8H,9H2,1-2H3;3-8H,1-2H3.